The average molecular weight is 233 g/mol. The number of hydrogen-bond acceptors (Lipinski definition) is 3. The molecule has 0 saturated carbocycles. The highest BCUT2D eigenvalue weighted by Gasteiger charge is 2.03. The van der Waals surface area contributed by atoms with Crippen LogP contribution in [0.1, 0.15) is 32.1 Å². The zero-order valence-corrected chi connectivity index (χ0v) is 9.94. The van der Waals surface area contributed by atoms with Gasteiger partial charge in [-0.3, -0.25) is 9.59 Å². The van der Waals surface area contributed by atoms with Crippen LogP contribution in [-0.2, 0) is 9.59 Å². The maximum atomic E-state index is 11.1. The van der Waals surface area contributed by atoms with E-state index in [1.807, 2.05) is 11.8 Å². The van der Waals surface area contributed by atoms with E-state index in [1.54, 1.807) is 0 Å². The highest BCUT2D eigenvalue weighted by Crippen LogP contribution is 2.01. The van der Waals surface area contributed by atoms with Gasteiger partial charge in [-0.1, -0.05) is 6.42 Å². The van der Waals surface area contributed by atoms with Gasteiger partial charge in [-0.25, -0.2) is 0 Å². The van der Waals surface area contributed by atoms with Crippen molar-refractivity contribution >= 4 is 23.6 Å². The third-order valence-corrected chi connectivity index (χ3v) is 2.61. The van der Waals surface area contributed by atoms with E-state index >= 15 is 0 Å². The summed E-state index contributed by atoms with van der Waals surface area (Å²) in [4.78, 5) is 21.2. The minimum Gasteiger partial charge on any atom is -0.481 e. The third-order valence-electron chi connectivity index (χ3n) is 1.91. The molecule has 15 heavy (non-hydrogen) atoms. The maximum absolute atomic E-state index is 11.1. The Labute approximate surface area is 94.8 Å². The molecule has 0 bridgehead atoms. The molecule has 0 aliphatic rings. The molecule has 0 aliphatic heterocycles. The molecule has 0 fully saturated rings. The molecule has 1 amide bonds. The predicted molar refractivity (Wildman–Crippen MR) is 62.1 cm³/mol. The Kier molecular flexibility index (Phi) is 9.36. The number of carbonyl (C=O) groups excluding carboxylic acids is 1. The number of unbranched alkanes of at least 4 members (excludes halogenated alkanes) is 2. The van der Waals surface area contributed by atoms with Crippen molar-refractivity contribution in [2.24, 2.45) is 0 Å². The van der Waals surface area contributed by atoms with Crippen LogP contribution in [0, 0.1) is 0 Å². The summed E-state index contributed by atoms with van der Waals surface area (Å²) in [6.07, 6.45) is 5.33. The van der Waals surface area contributed by atoms with Crippen LogP contribution in [0.15, 0.2) is 0 Å². The molecule has 0 aromatic carbocycles. The monoisotopic (exact) mass is 233 g/mol. The Bertz CT molecular complexity index is 197. The molecule has 0 aromatic rings. The van der Waals surface area contributed by atoms with Crippen molar-refractivity contribution in [2.75, 3.05) is 18.6 Å². The van der Waals surface area contributed by atoms with Gasteiger partial charge in [0.25, 0.3) is 0 Å². The number of thioether (sulfide) groups is 1. The van der Waals surface area contributed by atoms with Gasteiger partial charge in [0, 0.05) is 13.0 Å². The highest BCUT2D eigenvalue weighted by atomic mass is 32.2. The van der Waals surface area contributed by atoms with Crippen LogP contribution in [-0.4, -0.2) is 35.5 Å². The van der Waals surface area contributed by atoms with Gasteiger partial charge in [-0.2, -0.15) is 11.8 Å². The number of amides is 1. The number of aliphatic carboxylic acids is 1. The second kappa shape index (κ2) is 9.83. The van der Waals surface area contributed by atoms with Gasteiger partial charge in [-0.05, 0) is 24.9 Å². The van der Waals surface area contributed by atoms with Crippen LogP contribution in [0.5, 0.6) is 0 Å². The molecule has 0 unspecified atom stereocenters. The zero-order valence-electron chi connectivity index (χ0n) is 9.12. The zero-order chi connectivity index (χ0) is 11.5. The molecule has 0 atom stereocenters. The molecule has 5 heteroatoms. The number of hydrogen-bond donors (Lipinski definition) is 2. The van der Waals surface area contributed by atoms with Crippen LogP contribution in [0.4, 0.5) is 0 Å². The molecule has 4 nitrogen and oxygen atoms in total. The van der Waals surface area contributed by atoms with Crippen molar-refractivity contribution in [2.45, 2.75) is 32.1 Å². The number of nitrogens with one attached hydrogen (secondary N) is 1. The summed E-state index contributed by atoms with van der Waals surface area (Å²) in [5.74, 6) is 0.0693. The Hall–Kier alpha value is -0.710. The average Bonchev–Trinajstić information content (AvgIpc) is 2.20. The molecule has 0 aromatic heterocycles. The number of rotatable bonds is 9. The van der Waals surface area contributed by atoms with Crippen LogP contribution >= 0.6 is 11.8 Å². The molecule has 0 rings (SSSR count). The highest BCUT2D eigenvalue weighted by molar-refractivity contribution is 7.98. The summed E-state index contributed by atoms with van der Waals surface area (Å²) in [5.41, 5.74) is 0. The molecule has 88 valence electrons. The molecular weight excluding hydrogens is 214 g/mol. The normalized spacial score (nSPS) is 9.93. The lowest BCUT2D eigenvalue weighted by atomic mass is 10.2. The summed E-state index contributed by atoms with van der Waals surface area (Å²) in [6, 6.07) is 0. The molecule has 0 radical (unpaired) electrons. The van der Waals surface area contributed by atoms with E-state index in [-0.39, 0.29) is 18.7 Å². The second-order valence-corrected chi connectivity index (χ2v) is 4.28. The largest absolute Gasteiger partial charge is 0.481 e. The van der Waals surface area contributed by atoms with Gasteiger partial charge in [0.1, 0.15) is 0 Å². The van der Waals surface area contributed by atoms with E-state index in [0.29, 0.717) is 6.54 Å². The number of carboxylic acids is 1. The van der Waals surface area contributed by atoms with Crippen LogP contribution in [0.2, 0.25) is 0 Å². The van der Waals surface area contributed by atoms with Gasteiger partial charge in [0.2, 0.25) is 5.91 Å². The summed E-state index contributed by atoms with van der Waals surface area (Å²) >= 11 is 1.82. The SMILES string of the molecule is CSCCCCCNC(=O)CCC(=O)O. The van der Waals surface area contributed by atoms with Gasteiger partial charge in [0.15, 0.2) is 0 Å². The van der Waals surface area contributed by atoms with Crippen molar-refractivity contribution in [3.63, 3.8) is 0 Å². The quantitative estimate of drug-likeness (QED) is 0.592. The van der Waals surface area contributed by atoms with Crippen molar-refractivity contribution in [1.82, 2.24) is 5.32 Å². The van der Waals surface area contributed by atoms with Crippen molar-refractivity contribution < 1.29 is 14.7 Å². The first-order valence-corrected chi connectivity index (χ1v) is 6.53. The van der Waals surface area contributed by atoms with Crippen LogP contribution in [0.25, 0.3) is 0 Å². The molecule has 2 N–H and O–H groups in total. The number of carboxylic acid groups (broad SMARTS) is 1. The lowest BCUT2D eigenvalue weighted by Gasteiger charge is -2.03. The summed E-state index contributed by atoms with van der Waals surface area (Å²) in [7, 11) is 0. The first kappa shape index (κ1) is 14.3. The van der Waals surface area contributed by atoms with Crippen LogP contribution < -0.4 is 5.32 Å². The van der Waals surface area contributed by atoms with Crippen molar-refractivity contribution in [3.05, 3.63) is 0 Å². The molecule has 0 saturated heterocycles. The van der Waals surface area contributed by atoms with Gasteiger partial charge in [0.05, 0.1) is 6.42 Å². The summed E-state index contributed by atoms with van der Waals surface area (Å²) in [5, 5.41) is 11.1. The van der Waals surface area contributed by atoms with E-state index in [2.05, 4.69) is 11.6 Å². The van der Waals surface area contributed by atoms with Crippen molar-refractivity contribution in [3.8, 4) is 0 Å². The Morgan fingerprint density at radius 1 is 1.20 bits per heavy atom. The first-order valence-electron chi connectivity index (χ1n) is 5.14. The molecule has 0 spiro atoms. The van der Waals surface area contributed by atoms with E-state index in [1.165, 1.54) is 6.42 Å². The Morgan fingerprint density at radius 3 is 2.53 bits per heavy atom. The molecule has 0 heterocycles. The van der Waals surface area contributed by atoms with E-state index in [4.69, 9.17) is 5.11 Å². The fourth-order valence-corrected chi connectivity index (χ4v) is 1.58. The van der Waals surface area contributed by atoms with E-state index in [9.17, 15) is 9.59 Å². The number of carbonyl (C=O) groups is 2. The van der Waals surface area contributed by atoms with Crippen molar-refractivity contribution in [1.29, 1.82) is 0 Å². The standard InChI is InChI=1S/C10H19NO3S/c1-15-8-4-2-3-7-11-9(12)5-6-10(13)14/h2-8H2,1H3,(H,11,12)(H,13,14). The van der Waals surface area contributed by atoms with Crippen LogP contribution in [0.3, 0.4) is 0 Å². The Morgan fingerprint density at radius 2 is 1.93 bits per heavy atom. The van der Waals surface area contributed by atoms with Gasteiger partial charge in [-0.15, -0.1) is 0 Å². The van der Waals surface area contributed by atoms with E-state index in [0.717, 1.165) is 18.6 Å². The minimum absolute atomic E-state index is 0.0835. The summed E-state index contributed by atoms with van der Waals surface area (Å²) in [6.45, 7) is 0.660. The lowest BCUT2D eigenvalue weighted by molar-refractivity contribution is -0.138. The Balaban J connectivity index is 3.20. The predicted octanol–water partition coefficient (Wildman–Crippen LogP) is 1.50. The summed E-state index contributed by atoms with van der Waals surface area (Å²) < 4.78 is 0. The first-order chi connectivity index (χ1) is 7.16. The third kappa shape index (κ3) is 11.2. The second-order valence-electron chi connectivity index (χ2n) is 3.30. The topological polar surface area (TPSA) is 66.4 Å². The van der Waals surface area contributed by atoms with Gasteiger partial charge < -0.3 is 10.4 Å². The fourth-order valence-electron chi connectivity index (χ4n) is 1.08. The lowest BCUT2D eigenvalue weighted by Crippen LogP contribution is -2.24. The maximum Gasteiger partial charge on any atom is 0.303 e. The fraction of sp³-hybridized carbons (Fsp3) is 0.800. The molecule has 0 aliphatic carbocycles. The minimum atomic E-state index is -0.926. The molecular formula is C10H19NO3S. The van der Waals surface area contributed by atoms with Gasteiger partial charge >= 0.3 is 5.97 Å². The van der Waals surface area contributed by atoms with E-state index < -0.39 is 5.97 Å². The smallest absolute Gasteiger partial charge is 0.303 e.